The first-order valence-electron chi connectivity index (χ1n) is 14.3. The van der Waals surface area contributed by atoms with Gasteiger partial charge in [0.1, 0.15) is 35.8 Å². The minimum Gasteiger partial charge on any atom is -0.492 e. The average molecular weight is 596 g/mol. The van der Waals surface area contributed by atoms with Crippen LogP contribution in [0, 0.1) is 19.7 Å². The highest BCUT2D eigenvalue weighted by Gasteiger charge is 2.32. The summed E-state index contributed by atoms with van der Waals surface area (Å²) in [4.78, 5) is 11.2. The van der Waals surface area contributed by atoms with E-state index in [1.807, 2.05) is 38.1 Å². The minimum absolute atomic E-state index is 0.00601. The first-order valence-corrected chi connectivity index (χ1v) is 15.9. The standard InChI is InChI=1S/C32H34FNO7S/c1-19-14-23(39-12-11-34-10-3-13-42(34,37)38)15-20(2)31(19)25-6-8-27(33)32-26(25)7-9-28(32)41-22-4-5-24-21(16-30(35)36)18-40-29(24)17-22/h4-6,8,14-15,17,21,28H,3,7,9-13,16,18H2,1-2H3,(H,35,36)/t21-,28-/m1/s1. The number of hydrogen-bond donors (Lipinski definition) is 1. The van der Waals surface area contributed by atoms with Crippen molar-refractivity contribution >= 4 is 16.0 Å². The molecule has 0 spiro atoms. The molecule has 1 aliphatic carbocycles. The van der Waals surface area contributed by atoms with E-state index in [9.17, 15) is 13.2 Å². The number of benzene rings is 3. The summed E-state index contributed by atoms with van der Waals surface area (Å²) in [5.41, 5.74) is 6.31. The molecule has 10 heteroatoms. The molecule has 3 aliphatic rings. The smallest absolute Gasteiger partial charge is 0.304 e. The molecular formula is C32H34FNO7S. The van der Waals surface area contributed by atoms with Gasteiger partial charge in [-0.3, -0.25) is 4.79 Å². The normalized spacial score (nSPS) is 20.6. The molecule has 0 unspecified atom stereocenters. The topological polar surface area (TPSA) is 102 Å². The van der Waals surface area contributed by atoms with E-state index < -0.39 is 22.1 Å². The van der Waals surface area contributed by atoms with E-state index in [-0.39, 0.29) is 30.5 Å². The molecule has 8 nitrogen and oxygen atoms in total. The van der Waals surface area contributed by atoms with Crippen molar-refractivity contribution in [3.05, 3.63) is 76.1 Å². The zero-order valence-electron chi connectivity index (χ0n) is 23.7. The molecule has 2 aliphatic heterocycles. The van der Waals surface area contributed by atoms with Crippen LogP contribution in [0.1, 0.15) is 59.1 Å². The van der Waals surface area contributed by atoms with Crippen LogP contribution >= 0.6 is 0 Å². The van der Waals surface area contributed by atoms with Gasteiger partial charge < -0.3 is 19.3 Å². The number of sulfonamides is 1. The molecule has 0 amide bonds. The van der Waals surface area contributed by atoms with Crippen LogP contribution in [0.25, 0.3) is 11.1 Å². The number of aryl methyl sites for hydroxylation is 2. The van der Waals surface area contributed by atoms with Gasteiger partial charge in [0.25, 0.3) is 0 Å². The minimum atomic E-state index is -3.16. The lowest BCUT2D eigenvalue weighted by molar-refractivity contribution is -0.137. The Bertz CT molecular complexity index is 1630. The van der Waals surface area contributed by atoms with Gasteiger partial charge >= 0.3 is 5.97 Å². The molecule has 0 radical (unpaired) electrons. The Morgan fingerprint density at radius 1 is 1.12 bits per heavy atom. The number of carbonyl (C=O) groups is 1. The van der Waals surface area contributed by atoms with Crippen molar-refractivity contribution in [3.8, 4) is 28.4 Å². The Morgan fingerprint density at radius 3 is 2.62 bits per heavy atom. The van der Waals surface area contributed by atoms with Crippen molar-refractivity contribution in [1.29, 1.82) is 0 Å². The average Bonchev–Trinajstić information content (AvgIpc) is 3.62. The maximum Gasteiger partial charge on any atom is 0.304 e. The van der Waals surface area contributed by atoms with Crippen molar-refractivity contribution < 1.29 is 36.9 Å². The fourth-order valence-electron chi connectivity index (χ4n) is 6.54. The number of hydrogen-bond acceptors (Lipinski definition) is 6. The van der Waals surface area contributed by atoms with Crippen LogP contribution in [-0.2, 0) is 21.2 Å². The van der Waals surface area contributed by atoms with Gasteiger partial charge in [-0.05, 0) is 85.2 Å². The Kier molecular flexibility index (Phi) is 7.61. The lowest BCUT2D eigenvalue weighted by Gasteiger charge is -2.19. The Labute approximate surface area is 245 Å². The second-order valence-electron chi connectivity index (χ2n) is 11.3. The second kappa shape index (κ2) is 11.2. The third-order valence-electron chi connectivity index (χ3n) is 8.43. The molecule has 2 heterocycles. The number of halogens is 1. The lowest BCUT2D eigenvalue weighted by Crippen LogP contribution is -2.30. The van der Waals surface area contributed by atoms with E-state index in [4.69, 9.17) is 19.3 Å². The van der Waals surface area contributed by atoms with Gasteiger partial charge in [-0.25, -0.2) is 12.8 Å². The molecule has 0 saturated carbocycles. The summed E-state index contributed by atoms with van der Waals surface area (Å²) in [6.45, 7) is 5.46. The molecular weight excluding hydrogens is 561 g/mol. The number of fused-ring (bicyclic) bond motifs is 2. The molecule has 6 rings (SSSR count). The van der Waals surface area contributed by atoms with Gasteiger partial charge in [0.2, 0.25) is 10.0 Å². The van der Waals surface area contributed by atoms with Gasteiger partial charge in [-0.15, -0.1) is 0 Å². The van der Waals surface area contributed by atoms with Crippen LogP contribution in [0.2, 0.25) is 0 Å². The van der Waals surface area contributed by atoms with Crippen LogP contribution in [-0.4, -0.2) is 55.9 Å². The van der Waals surface area contributed by atoms with Gasteiger partial charge in [0.05, 0.1) is 18.8 Å². The Morgan fingerprint density at radius 2 is 1.90 bits per heavy atom. The molecule has 222 valence electrons. The predicted octanol–water partition coefficient (Wildman–Crippen LogP) is 5.54. The summed E-state index contributed by atoms with van der Waals surface area (Å²) >= 11 is 0. The van der Waals surface area contributed by atoms with E-state index in [0.717, 1.165) is 33.4 Å². The number of ether oxygens (including phenoxy) is 3. The van der Waals surface area contributed by atoms with E-state index >= 15 is 4.39 Å². The van der Waals surface area contributed by atoms with Crippen LogP contribution in [0.3, 0.4) is 0 Å². The first kappa shape index (κ1) is 28.5. The Balaban J connectivity index is 1.20. The van der Waals surface area contributed by atoms with E-state index in [2.05, 4.69) is 0 Å². The summed E-state index contributed by atoms with van der Waals surface area (Å²) in [5.74, 6) is 0.684. The monoisotopic (exact) mass is 595 g/mol. The van der Waals surface area contributed by atoms with Gasteiger partial charge in [0.15, 0.2) is 0 Å². The van der Waals surface area contributed by atoms with Gasteiger partial charge in [-0.2, -0.15) is 4.31 Å². The summed E-state index contributed by atoms with van der Waals surface area (Å²) in [6, 6.07) is 12.6. The molecule has 3 aromatic rings. The fourth-order valence-corrected chi connectivity index (χ4v) is 8.05. The first-order chi connectivity index (χ1) is 20.1. The van der Waals surface area contributed by atoms with Gasteiger partial charge in [0, 0.05) is 36.2 Å². The van der Waals surface area contributed by atoms with E-state index in [0.29, 0.717) is 61.8 Å². The van der Waals surface area contributed by atoms with Crippen LogP contribution < -0.4 is 14.2 Å². The second-order valence-corrected chi connectivity index (χ2v) is 13.4. The number of aliphatic carboxylic acids is 1. The maximum atomic E-state index is 15.3. The molecule has 0 bridgehead atoms. The summed E-state index contributed by atoms with van der Waals surface area (Å²) in [6.07, 6.45) is 1.49. The van der Waals surface area contributed by atoms with Crippen molar-refractivity contribution in [2.45, 2.75) is 51.6 Å². The van der Waals surface area contributed by atoms with Crippen molar-refractivity contribution in [3.63, 3.8) is 0 Å². The van der Waals surface area contributed by atoms with E-state index in [1.165, 1.54) is 10.4 Å². The van der Waals surface area contributed by atoms with Crippen molar-refractivity contribution in [2.24, 2.45) is 0 Å². The largest absolute Gasteiger partial charge is 0.492 e. The highest BCUT2D eigenvalue weighted by molar-refractivity contribution is 7.89. The van der Waals surface area contributed by atoms with E-state index in [1.54, 1.807) is 12.1 Å². The highest BCUT2D eigenvalue weighted by Crippen LogP contribution is 2.45. The van der Waals surface area contributed by atoms with Crippen molar-refractivity contribution in [2.75, 3.05) is 32.1 Å². The molecule has 1 N–H and O–H groups in total. The van der Waals surface area contributed by atoms with Crippen molar-refractivity contribution in [1.82, 2.24) is 4.31 Å². The predicted molar refractivity (Wildman–Crippen MR) is 155 cm³/mol. The zero-order valence-corrected chi connectivity index (χ0v) is 24.5. The number of carboxylic acid groups (broad SMARTS) is 1. The van der Waals surface area contributed by atoms with Crippen LogP contribution in [0.5, 0.6) is 17.2 Å². The molecule has 1 fully saturated rings. The third-order valence-corrected chi connectivity index (χ3v) is 10.4. The van der Waals surface area contributed by atoms with Gasteiger partial charge in [-0.1, -0.05) is 12.1 Å². The quantitative estimate of drug-likeness (QED) is 0.347. The number of nitrogens with zero attached hydrogens (tertiary/aromatic N) is 1. The molecule has 0 aromatic heterocycles. The third kappa shape index (κ3) is 5.45. The van der Waals surface area contributed by atoms with Crippen LogP contribution in [0.4, 0.5) is 4.39 Å². The molecule has 3 aromatic carbocycles. The summed E-state index contributed by atoms with van der Waals surface area (Å²) in [5, 5.41) is 9.16. The summed E-state index contributed by atoms with van der Waals surface area (Å²) in [7, 11) is -3.16. The highest BCUT2D eigenvalue weighted by atomic mass is 32.2. The fraction of sp³-hybridized carbons (Fsp3) is 0.406. The number of rotatable bonds is 9. The molecule has 2 atom stereocenters. The Hall–Kier alpha value is -3.63. The number of carboxylic acids is 1. The lowest BCUT2D eigenvalue weighted by atomic mass is 9.90. The SMILES string of the molecule is Cc1cc(OCCN2CCCS2(=O)=O)cc(C)c1-c1ccc(F)c2c1CC[C@H]2Oc1ccc2c(c1)OC[C@H]2CC(=O)O. The molecule has 42 heavy (non-hydrogen) atoms. The maximum absolute atomic E-state index is 15.3. The zero-order chi connectivity index (χ0) is 29.6. The molecule has 1 saturated heterocycles. The summed E-state index contributed by atoms with van der Waals surface area (Å²) < 4.78 is 58.8. The van der Waals surface area contributed by atoms with Crippen LogP contribution in [0.15, 0.2) is 42.5 Å².